The van der Waals surface area contributed by atoms with Crippen LogP contribution in [0.3, 0.4) is 0 Å². The van der Waals surface area contributed by atoms with Crippen molar-refractivity contribution in [3.63, 3.8) is 0 Å². The number of hydrogen-bond acceptors (Lipinski definition) is 2. The van der Waals surface area contributed by atoms with Crippen LogP contribution in [0.5, 0.6) is 0 Å². The fourth-order valence-corrected chi connectivity index (χ4v) is 2.37. The fraction of sp³-hybridized carbons (Fsp3) is 0.211. The van der Waals surface area contributed by atoms with Crippen molar-refractivity contribution >= 4 is 17.6 Å². The molecule has 3 nitrogen and oxygen atoms in total. The van der Waals surface area contributed by atoms with Crippen molar-refractivity contribution in [1.82, 2.24) is 5.32 Å². The molecule has 0 amide bonds. The van der Waals surface area contributed by atoms with Gasteiger partial charge in [-0.1, -0.05) is 24.3 Å². The average molecular weight is 311 g/mol. The van der Waals surface area contributed by atoms with Gasteiger partial charge < -0.3 is 10.4 Å². The van der Waals surface area contributed by atoms with Gasteiger partial charge in [0.25, 0.3) is 0 Å². The van der Waals surface area contributed by atoms with E-state index in [4.69, 9.17) is 5.11 Å². The van der Waals surface area contributed by atoms with Gasteiger partial charge in [0, 0.05) is 12.6 Å². The Labute approximate surface area is 134 Å². The molecular formula is C19H18FNO2. The molecule has 1 fully saturated rings. The molecule has 0 aliphatic heterocycles. The van der Waals surface area contributed by atoms with Gasteiger partial charge in [-0.3, -0.25) is 0 Å². The summed E-state index contributed by atoms with van der Waals surface area (Å²) in [6.45, 7) is 0.705. The lowest BCUT2D eigenvalue weighted by atomic mass is 10.0. The fourth-order valence-electron chi connectivity index (χ4n) is 2.37. The zero-order chi connectivity index (χ0) is 16.2. The summed E-state index contributed by atoms with van der Waals surface area (Å²) in [5.74, 6) is -1.19. The lowest BCUT2D eigenvalue weighted by Gasteiger charge is -2.10. The quantitative estimate of drug-likeness (QED) is 0.797. The van der Waals surface area contributed by atoms with Crippen LogP contribution in [0.15, 0.2) is 48.5 Å². The molecule has 0 saturated heterocycles. The molecular weight excluding hydrogens is 293 g/mol. The van der Waals surface area contributed by atoms with E-state index < -0.39 is 5.97 Å². The standard InChI is InChI=1S/C19H18FNO2/c20-17-7-5-14(6-8-17)16(12-21-18-9-10-18)11-13-1-3-15(4-2-13)19(22)23/h1-8,11,18,21H,9-10,12H2,(H,22,23)/b16-11-. The number of nitrogens with one attached hydrogen (secondary N) is 1. The van der Waals surface area contributed by atoms with Crippen molar-refractivity contribution in [2.24, 2.45) is 0 Å². The van der Waals surface area contributed by atoms with E-state index in [9.17, 15) is 9.18 Å². The van der Waals surface area contributed by atoms with E-state index in [-0.39, 0.29) is 11.4 Å². The minimum Gasteiger partial charge on any atom is -0.478 e. The Morgan fingerprint density at radius 1 is 1.09 bits per heavy atom. The number of carboxylic acids is 1. The van der Waals surface area contributed by atoms with Gasteiger partial charge >= 0.3 is 5.97 Å². The molecule has 0 spiro atoms. The molecule has 0 unspecified atom stereocenters. The van der Waals surface area contributed by atoms with Crippen molar-refractivity contribution in [2.45, 2.75) is 18.9 Å². The van der Waals surface area contributed by atoms with Gasteiger partial charge in [-0.2, -0.15) is 0 Å². The Balaban J connectivity index is 1.85. The summed E-state index contributed by atoms with van der Waals surface area (Å²) in [4.78, 5) is 10.9. The molecule has 1 aliphatic rings. The summed E-state index contributed by atoms with van der Waals surface area (Å²) in [5, 5.41) is 12.4. The lowest BCUT2D eigenvalue weighted by molar-refractivity contribution is 0.0697. The maximum atomic E-state index is 13.1. The summed E-state index contributed by atoms with van der Waals surface area (Å²) >= 11 is 0. The molecule has 23 heavy (non-hydrogen) atoms. The number of halogens is 1. The zero-order valence-corrected chi connectivity index (χ0v) is 12.6. The van der Waals surface area contributed by atoms with E-state index in [2.05, 4.69) is 5.32 Å². The molecule has 2 aromatic carbocycles. The summed E-state index contributed by atoms with van der Waals surface area (Å²) in [6.07, 6.45) is 4.41. The first-order valence-electron chi connectivity index (χ1n) is 7.65. The minimum atomic E-state index is -0.935. The summed E-state index contributed by atoms with van der Waals surface area (Å²) in [5.41, 5.74) is 3.20. The number of rotatable bonds is 6. The molecule has 3 rings (SSSR count). The van der Waals surface area contributed by atoms with Crippen LogP contribution in [0.1, 0.15) is 34.3 Å². The molecule has 2 aromatic rings. The molecule has 1 aliphatic carbocycles. The van der Waals surface area contributed by atoms with Crippen LogP contribution in [-0.2, 0) is 0 Å². The third-order valence-electron chi connectivity index (χ3n) is 3.87. The van der Waals surface area contributed by atoms with E-state index in [1.807, 2.05) is 6.08 Å². The molecule has 0 atom stereocenters. The zero-order valence-electron chi connectivity index (χ0n) is 12.6. The van der Waals surface area contributed by atoms with Crippen LogP contribution in [0.2, 0.25) is 0 Å². The first kappa shape index (κ1) is 15.4. The van der Waals surface area contributed by atoms with Crippen molar-refractivity contribution in [3.8, 4) is 0 Å². The van der Waals surface area contributed by atoms with Gasteiger partial charge in [-0.25, -0.2) is 9.18 Å². The van der Waals surface area contributed by atoms with Gasteiger partial charge in [0.05, 0.1) is 5.56 Å². The van der Waals surface area contributed by atoms with E-state index in [1.165, 1.54) is 25.0 Å². The Morgan fingerprint density at radius 3 is 2.26 bits per heavy atom. The summed E-state index contributed by atoms with van der Waals surface area (Å²) in [7, 11) is 0. The second-order valence-electron chi connectivity index (χ2n) is 5.76. The highest BCUT2D eigenvalue weighted by Gasteiger charge is 2.20. The third kappa shape index (κ3) is 4.27. The Kier molecular flexibility index (Phi) is 4.53. The van der Waals surface area contributed by atoms with Crippen LogP contribution in [0.25, 0.3) is 11.6 Å². The predicted octanol–water partition coefficient (Wildman–Crippen LogP) is 3.82. The molecule has 0 aromatic heterocycles. The smallest absolute Gasteiger partial charge is 0.335 e. The average Bonchev–Trinajstić information content (AvgIpc) is 3.37. The van der Waals surface area contributed by atoms with Gasteiger partial charge in [-0.15, -0.1) is 0 Å². The number of carbonyl (C=O) groups is 1. The molecule has 1 saturated carbocycles. The van der Waals surface area contributed by atoms with Crippen LogP contribution in [0.4, 0.5) is 4.39 Å². The van der Waals surface area contributed by atoms with Gasteiger partial charge in [0.1, 0.15) is 5.82 Å². The highest BCUT2D eigenvalue weighted by Crippen LogP contribution is 2.23. The van der Waals surface area contributed by atoms with E-state index in [0.29, 0.717) is 12.6 Å². The van der Waals surface area contributed by atoms with E-state index in [0.717, 1.165) is 16.7 Å². The number of carboxylic acid groups (broad SMARTS) is 1. The monoisotopic (exact) mass is 311 g/mol. The maximum absolute atomic E-state index is 13.1. The number of aromatic carboxylic acids is 1. The summed E-state index contributed by atoms with van der Waals surface area (Å²) < 4.78 is 13.1. The molecule has 118 valence electrons. The van der Waals surface area contributed by atoms with Crippen molar-refractivity contribution in [1.29, 1.82) is 0 Å². The van der Waals surface area contributed by atoms with Crippen LogP contribution in [0, 0.1) is 5.82 Å². The van der Waals surface area contributed by atoms with Crippen molar-refractivity contribution < 1.29 is 14.3 Å². The second-order valence-corrected chi connectivity index (χ2v) is 5.76. The van der Waals surface area contributed by atoms with Crippen molar-refractivity contribution in [2.75, 3.05) is 6.54 Å². The van der Waals surface area contributed by atoms with Gasteiger partial charge in [-0.05, 0) is 59.9 Å². The van der Waals surface area contributed by atoms with Gasteiger partial charge in [0.2, 0.25) is 0 Å². The second kappa shape index (κ2) is 6.75. The largest absolute Gasteiger partial charge is 0.478 e. The Bertz CT molecular complexity index is 716. The SMILES string of the molecule is O=C(O)c1ccc(/C=C(/CNC2CC2)c2ccc(F)cc2)cc1. The van der Waals surface area contributed by atoms with Gasteiger partial charge in [0.15, 0.2) is 0 Å². The molecule has 0 radical (unpaired) electrons. The first-order valence-corrected chi connectivity index (χ1v) is 7.65. The molecule has 4 heteroatoms. The van der Waals surface area contributed by atoms with Crippen LogP contribution < -0.4 is 5.32 Å². The van der Waals surface area contributed by atoms with Crippen LogP contribution >= 0.6 is 0 Å². The predicted molar refractivity (Wildman–Crippen MR) is 88.7 cm³/mol. The topological polar surface area (TPSA) is 49.3 Å². The van der Waals surface area contributed by atoms with E-state index >= 15 is 0 Å². The van der Waals surface area contributed by atoms with E-state index in [1.54, 1.807) is 36.4 Å². The number of benzene rings is 2. The highest BCUT2D eigenvalue weighted by atomic mass is 19.1. The maximum Gasteiger partial charge on any atom is 0.335 e. The normalized spacial score (nSPS) is 14.7. The molecule has 2 N–H and O–H groups in total. The first-order chi connectivity index (χ1) is 11.1. The van der Waals surface area contributed by atoms with Crippen LogP contribution in [-0.4, -0.2) is 23.7 Å². The number of hydrogen-bond donors (Lipinski definition) is 2. The summed E-state index contributed by atoms with van der Waals surface area (Å²) in [6, 6.07) is 13.8. The Hall–Kier alpha value is -2.46. The minimum absolute atomic E-state index is 0.255. The Morgan fingerprint density at radius 2 is 1.70 bits per heavy atom. The lowest BCUT2D eigenvalue weighted by Crippen LogP contribution is -2.18. The highest BCUT2D eigenvalue weighted by molar-refractivity contribution is 5.88. The molecule has 0 bridgehead atoms. The van der Waals surface area contributed by atoms with Crippen molar-refractivity contribution in [3.05, 3.63) is 71.0 Å². The molecule has 0 heterocycles. The third-order valence-corrected chi connectivity index (χ3v) is 3.87.